The number of amides is 6. The fraction of sp³-hybridized carbons (Fsp3) is 0.636. The van der Waals surface area contributed by atoms with Crippen LogP contribution in [0.2, 0.25) is 0 Å². The molecule has 8 nitrogen and oxygen atoms in total. The van der Waals surface area contributed by atoms with Crippen LogP contribution in [0.25, 0.3) is 0 Å². The highest BCUT2D eigenvalue weighted by Gasteiger charge is 2.30. The molecular formula is C11H16N4O4. The minimum Gasteiger partial charge on any atom is -0.326 e. The molecule has 8 heteroatoms. The van der Waals surface area contributed by atoms with E-state index < -0.39 is 24.1 Å². The summed E-state index contributed by atoms with van der Waals surface area (Å²) in [6.45, 7) is 0. The van der Waals surface area contributed by atoms with Gasteiger partial charge in [-0.05, 0) is 12.8 Å². The molecule has 2 aliphatic heterocycles. The minimum absolute atomic E-state index is 0.285. The van der Waals surface area contributed by atoms with Crippen LogP contribution in [0.5, 0.6) is 0 Å². The second-order valence-corrected chi connectivity index (χ2v) is 4.67. The summed E-state index contributed by atoms with van der Waals surface area (Å²) in [6, 6.07) is -1.77. The Morgan fingerprint density at radius 2 is 1.11 bits per heavy atom. The number of carbonyl (C=O) groups excluding carboxylic acids is 4. The smallest absolute Gasteiger partial charge is 0.322 e. The minimum atomic E-state index is -0.444. The van der Waals surface area contributed by atoms with Crippen LogP contribution in [0, 0.1) is 0 Å². The molecule has 0 aliphatic carbocycles. The lowest BCUT2D eigenvalue weighted by Crippen LogP contribution is -2.29. The van der Waals surface area contributed by atoms with Gasteiger partial charge in [-0.2, -0.15) is 0 Å². The summed E-state index contributed by atoms with van der Waals surface area (Å²) in [5, 5.41) is 9.40. The van der Waals surface area contributed by atoms with Crippen molar-refractivity contribution in [2.45, 2.75) is 44.2 Å². The quantitative estimate of drug-likeness (QED) is 0.378. The predicted molar refractivity (Wildman–Crippen MR) is 64.0 cm³/mol. The molecule has 2 aliphatic rings. The molecule has 0 saturated carbocycles. The van der Waals surface area contributed by atoms with E-state index >= 15 is 0 Å². The predicted octanol–water partition coefficient (Wildman–Crippen LogP) is -0.647. The Morgan fingerprint density at radius 3 is 1.42 bits per heavy atom. The van der Waals surface area contributed by atoms with Gasteiger partial charge in [-0.25, -0.2) is 9.59 Å². The lowest BCUT2D eigenvalue weighted by atomic mass is 10.0. The number of nitrogens with one attached hydrogen (secondary N) is 4. The Hall–Kier alpha value is -2.12. The number of hydrogen-bond donors (Lipinski definition) is 4. The third kappa shape index (κ3) is 3.43. The molecule has 2 rings (SSSR count). The Morgan fingerprint density at radius 1 is 0.684 bits per heavy atom. The van der Waals surface area contributed by atoms with E-state index in [1.165, 1.54) is 0 Å². The largest absolute Gasteiger partial charge is 0.326 e. The van der Waals surface area contributed by atoms with Crippen molar-refractivity contribution in [3.8, 4) is 0 Å². The fourth-order valence-corrected chi connectivity index (χ4v) is 2.20. The van der Waals surface area contributed by atoms with Crippen LogP contribution in [0.15, 0.2) is 0 Å². The molecule has 2 atom stereocenters. The molecule has 104 valence electrons. The highest BCUT2D eigenvalue weighted by atomic mass is 16.2. The van der Waals surface area contributed by atoms with Crippen LogP contribution >= 0.6 is 0 Å². The van der Waals surface area contributed by atoms with Gasteiger partial charge in [0.15, 0.2) is 0 Å². The molecule has 0 radical (unpaired) electrons. The monoisotopic (exact) mass is 268 g/mol. The molecule has 6 amide bonds. The number of hydrogen-bond acceptors (Lipinski definition) is 4. The van der Waals surface area contributed by atoms with E-state index in [0.717, 1.165) is 19.3 Å². The zero-order valence-corrected chi connectivity index (χ0v) is 10.3. The second kappa shape index (κ2) is 5.68. The van der Waals surface area contributed by atoms with Gasteiger partial charge >= 0.3 is 12.1 Å². The van der Waals surface area contributed by atoms with Crippen LogP contribution in [0.3, 0.4) is 0 Å². The molecule has 2 fully saturated rings. The first-order valence-corrected chi connectivity index (χ1v) is 6.29. The van der Waals surface area contributed by atoms with Crippen LogP contribution in [-0.2, 0) is 9.59 Å². The SMILES string of the molecule is O=C1NC(=O)C(CCCCCC2NC(=O)NC2=O)N1. The van der Waals surface area contributed by atoms with E-state index in [2.05, 4.69) is 21.3 Å². The standard InChI is InChI=1S/C11H16N4O4/c16-8-6(12-10(18)14-8)4-2-1-3-5-7-9(17)15-11(19)13-7/h6-7H,1-5H2,(H2,12,14,16,18)(H2,13,15,17,19). The summed E-state index contributed by atoms with van der Waals surface area (Å²) in [6.07, 6.45) is 3.56. The summed E-state index contributed by atoms with van der Waals surface area (Å²) < 4.78 is 0. The number of unbranched alkanes of at least 4 members (excludes halogenated alkanes) is 2. The van der Waals surface area contributed by atoms with Crippen LogP contribution < -0.4 is 21.3 Å². The highest BCUT2D eigenvalue weighted by Crippen LogP contribution is 2.11. The lowest BCUT2D eigenvalue weighted by Gasteiger charge is -2.08. The maximum absolute atomic E-state index is 11.2. The number of imide groups is 2. The first kappa shape index (κ1) is 13.3. The van der Waals surface area contributed by atoms with E-state index in [1.54, 1.807) is 0 Å². The van der Waals surface area contributed by atoms with Crippen LogP contribution in [0.1, 0.15) is 32.1 Å². The molecule has 2 heterocycles. The van der Waals surface area contributed by atoms with Crippen molar-refractivity contribution < 1.29 is 19.2 Å². The maximum atomic E-state index is 11.2. The van der Waals surface area contributed by atoms with Gasteiger partial charge in [0.2, 0.25) is 0 Å². The van der Waals surface area contributed by atoms with Crippen molar-refractivity contribution in [1.82, 2.24) is 21.3 Å². The fourth-order valence-electron chi connectivity index (χ4n) is 2.20. The molecule has 2 unspecified atom stereocenters. The Labute approximate surface area is 109 Å². The molecule has 0 spiro atoms. The topological polar surface area (TPSA) is 116 Å². The second-order valence-electron chi connectivity index (χ2n) is 4.67. The van der Waals surface area contributed by atoms with Crippen molar-refractivity contribution in [2.24, 2.45) is 0 Å². The third-order valence-corrected chi connectivity index (χ3v) is 3.20. The van der Waals surface area contributed by atoms with Crippen molar-refractivity contribution in [3.63, 3.8) is 0 Å². The van der Waals surface area contributed by atoms with Crippen molar-refractivity contribution in [1.29, 1.82) is 0 Å². The van der Waals surface area contributed by atoms with Gasteiger partial charge in [0, 0.05) is 0 Å². The Bertz CT molecular complexity index is 385. The number of carbonyl (C=O) groups is 4. The molecular weight excluding hydrogens is 252 g/mol. The van der Waals surface area contributed by atoms with Gasteiger partial charge in [-0.15, -0.1) is 0 Å². The number of urea groups is 2. The normalized spacial score (nSPS) is 25.9. The molecule has 2 saturated heterocycles. The van der Waals surface area contributed by atoms with E-state index in [-0.39, 0.29) is 11.8 Å². The summed E-state index contributed by atoms with van der Waals surface area (Å²) in [4.78, 5) is 44.2. The average molecular weight is 268 g/mol. The van der Waals surface area contributed by atoms with Gasteiger partial charge in [0.1, 0.15) is 12.1 Å². The lowest BCUT2D eigenvalue weighted by molar-refractivity contribution is -0.121. The van der Waals surface area contributed by atoms with Crippen molar-refractivity contribution >= 4 is 23.9 Å². The van der Waals surface area contributed by atoms with E-state index in [9.17, 15) is 19.2 Å². The van der Waals surface area contributed by atoms with E-state index in [4.69, 9.17) is 0 Å². The van der Waals surface area contributed by atoms with E-state index in [0.29, 0.717) is 12.8 Å². The van der Waals surface area contributed by atoms with Crippen molar-refractivity contribution in [3.05, 3.63) is 0 Å². The summed E-state index contributed by atoms with van der Waals surface area (Å²) in [5.74, 6) is -0.570. The van der Waals surface area contributed by atoms with Crippen molar-refractivity contribution in [2.75, 3.05) is 0 Å². The first-order valence-electron chi connectivity index (χ1n) is 6.29. The summed E-state index contributed by atoms with van der Waals surface area (Å²) in [7, 11) is 0. The molecule has 4 N–H and O–H groups in total. The Balaban J connectivity index is 1.58. The molecule has 0 aromatic rings. The zero-order valence-electron chi connectivity index (χ0n) is 10.3. The summed E-state index contributed by atoms with van der Waals surface area (Å²) >= 11 is 0. The summed E-state index contributed by atoms with van der Waals surface area (Å²) in [5.41, 5.74) is 0. The van der Waals surface area contributed by atoms with Crippen LogP contribution in [-0.4, -0.2) is 36.0 Å². The maximum Gasteiger partial charge on any atom is 0.322 e. The third-order valence-electron chi connectivity index (χ3n) is 3.20. The number of rotatable bonds is 6. The van der Waals surface area contributed by atoms with Gasteiger partial charge in [-0.1, -0.05) is 19.3 Å². The Kier molecular flexibility index (Phi) is 3.98. The van der Waals surface area contributed by atoms with Gasteiger partial charge in [-0.3, -0.25) is 20.2 Å². The van der Waals surface area contributed by atoms with Gasteiger partial charge < -0.3 is 10.6 Å². The molecule has 19 heavy (non-hydrogen) atoms. The highest BCUT2D eigenvalue weighted by molar-refractivity contribution is 6.04. The average Bonchev–Trinajstić information content (AvgIpc) is 2.81. The zero-order chi connectivity index (χ0) is 13.8. The molecule has 0 aromatic heterocycles. The van der Waals surface area contributed by atoms with Crippen LogP contribution in [0.4, 0.5) is 9.59 Å². The first-order chi connectivity index (χ1) is 9.06. The molecule has 0 aromatic carbocycles. The molecule has 0 bridgehead atoms. The van der Waals surface area contributed by atoms with Gasteiger partial charge in [0.25, 0.3) is 11.8 Å². The van der Waals surface area contributed by atoms with Gasteiger partial charge in [0.05, 0.1) is 0 Å². The van der Waals surface area contributed by atoms with E-state index in [1.807, 2.05) is 0 Å².